The smallest absolute Gasteiger partial charge is 0.142 e. The van der Waals surface area contributed by atoms with Crippen molar-refractivity contribution in [2.75, 3.05) is 0 Å². The molecule has 0 aromatic carbocycles. The average molecular weight is 107 g/mol. The molecule has 0 aromatic rings. The van der Waals surface area contributed by atoms with Gasteiger partial charge in [-0.25, -0.2) is 0 Å². The van der Waals surface area contributed by atoms with E-state index >= 15 is 0 Å². The number of carbonyl (C=O) groups excluding carboxylic acids is 1. The highest BCUT2D eigenvalue weighted by Crippen LogP contribution is 1.55. The molecule has 0 amide bonds. The lowest BCUT2D eigenvalue weighted by atomic mass is 10.6. The van der Waals surface area contributed by atoms with Crippen molar-refractivity contribution in [1.82, 2.24) is 0 Å². The van der Waals surface area contributed by atoms with Crippen LogP contribution in [0.25, 0.3) is 0 Å². The second kappa shape index (κ2) is 8.83. The Hall–Kier alpha value is -0.300. The van der Waals surface area contributed by atoms with Crippen LogP contribution in [0.2, 0.25) is 0 Å². The van der Waals surface area contributed by atoms with Gasteiger partial charge in [0.2, 0.25) is 0 Å². The van der Waals surface area contributed by atoms with Crippen molar-refractivity contribution in [3.05, 3.63) is 12.2 Å². The molecule has 0 unspecified atom stereocenters. The molecule has 0 fully saturated rings. The zero-order valence-electron chi connectivity index (χ0n) is 3.55. The quantitative estimate of drug-likeness (QED) is 0.363. The second-order valence-electron chi connectivity index (χ2n) is 0.662. The summed E-state index contributed by atoms with van der Waals surface area (Å²) in [5, 5.41) is 0. The van der Waals surface area contributed by atoms with Gasteiger partial charge in [-0.3, -0.25) is 4.79 Å². The van der Waals surface area contributed by atoms with Crippen LogP contribution in [0.4, 0.5) is 0 Å². The monoisotopic (exact) mass is 106 g/mol. The van der Waals surface area contributed by atoms with Crippen LogP contribution in [0, 0.1) is 0 Å². The van der Waals surface area contributed by atoms with E-state index in [1.54, 1.807) is 13.0 Å². The van der Waals surface area contributed by atoms with Crippen LogP contribution in [0.3, 0.4) is 0 Å². The molecule has 1 nitrogen and oxygen atoms in total. The molecule has 0 aliphatic carbocycles. The third-order valence-corrected chi connectivity index (χ3v) is 0.271. The fourth-order valence-electron chi connectivity index (χ4n) is 0.0786. The molecule has 0 saturated heterocycles. The van der Waals surface area contributed by atoms with Crippen molar-refractivity contribution in [2.45, 2.75) is 6.92 Å². The lowest BCUT2D eigenvalue weighted by Crippen LogP contribution is -1.50. The SMILES string of the molecule is C/C=C/C=O.Cl. The summed E-state index contributed by atoms with van der Waals surface area (Å²) < 4.78 is 0. The number of hydrogen-bond acceptors (Lipinski definition) is 1. The van der Waals surface area contributed by atoms with Gasteiger partial charge in [-0.1, -0.05) is 6.08 Å². The Morgan fingerprint density at radius 2 is 2.00 bits per heavy atom. The minimum Gasteiger partial charge on any atom is -0.299 e. The number of carbonyl (C=O) groups is 1. The van der Waals surface area contributed by atoms with Gasteiger partial charge in [0.25, 0.3) is 0 Å². The molecule has 0 aliphatic rings. The normalized spacial score (nSPS) is 7.50. The number of aldehydes is 1. The first kappa shape index (κ1) is 9.20. The number of rotatable bonds is 1. The van der Waals surface area contributed by atoms with Gasteiger partial charge in [-0.2, -0.15) is 0 Å². The summed E-state index contributed by atoms with van der Waals surface area (Å²) in [5.74, 6) is 0. The first-order chi connectivity index (χ1) is 2.41. The number of halogens is 1. The Kier molecular flexibility index (Phi) is 13.5. The van der Waals surface area contributed by atoms with Crippen LogP contribution in [0.15, 0.2) is 12.2 Å². The van der Waals surface area contributed by atoms with Gasteiger partial charge in [0.1, 0.15) is 6.29 Å². The molecular weight excluding hydrogens is 99.5 g/mol. The highest BCUT2D eigenvalue weighted by molar-refractivity contribution is 5.85. The van der Waals surface area contributed by atoms with Gasteiger partial charge in [0, 0.05) is 0 Å². The molecule has 0 aromatic heterocycles. The molecule has 0 radical (unpaired) electrons. The molecule has 36 valence electrons. The third-order valence-electron chi connectivity index (χ3n) is 0.271. The van der Waals surface area contributed by atoms with Gasteiger partial charge < -0.3 is 0 Å². The van der Waals surface area contributed by atoms with Crippen molar-refractivity contribution in [3.8, 4) is 0 Å². The summed E-state index contributed by atoms with van der Waals surface area (Å²) in [4.78, 5) is 9.32. The lowest BCUT2D eigenvalue weighted by Gasteiger charge is -1.51. The van der Waals surface area contributed by atoms with Crippen LogP contribution in [-0.2, 0) is 4.79 Å². The van der Waals surface area contributed by atoms with Crippen molar-refractivity contribution in [1.29, 1.82) is 0 Å². The maximum atomic E-state index is 9.32. The highest BCUT2D eigenvalue weighted by Gasteiger charge is 1.48. The number of allylic oxidation sites excluding steroid dienone is 2. The van der Waals surface area contributed by atoms with Crippen LogP contribution in [0.1, 0.15) is 6.92 Å². The predicted octanol–water partition coefficient (Wildman–Crippen LogP) is 1.18. The van der Waals surface area contributed by atoms with E-state index in [0.29, 0.717) is 0 Å². The minimum atomic E-state index is 0. The van der Waals surface area contributed by atoms with Gasteiger partial charge in [-0.05, 0) is 13.0 Å². The average Bonchev–Trinajstić information content (AvgIpc) is 1.41. The topological polar surface area (TPSA) is 17.1 Å². The minimum absolute atomic E-state index is 0. The van der Waals surface area contributed by atoms with E-state index in [4.69, 9.17) is 0 Å². The van der Waals surface area contributed by atoms with E-state index < -0.39 is 0 Å². The van der Waals surface area contributed by atoms with Gasteiger partial charge in [0.15, 0.2) is 0 Å². The maximum Gasteiger partial charge on any atom is 0.142 e. The van der Waals surface area contributed by atoms with Crippen LogP contribution in [-0.4, -0.2) is 6.29 Å². The molecule has 0 saturated carbocycles. The fraction of sp³-hybridized carbons (Fsp3) is 0.250. The van der Waals surface area contributed by atoms with Crippen molar-refractivity contribution < 1.29 is 4.79 Å². The molecule has 0 N–H and O–H groups in total. The van der Waals surface area contributed by atoms with E-state index in [2.05, 4.69) is 0 Å². The van der Waals surface area contributed by atoms with Gasteiger partial charge in [0.05, 0.1) is 0 Å². The summed E-state index contributed by atoms with van der Waals surface area (Å²) in [5.41, 5.74) is 0. The van der Waals surface area contributed by atoms with E-state index in [9.17, 15) is 4.79 Å². The largest absolute Gasteiger partial charge is 0.299 e. The molecule has 6 heavy (non-hydrogen) atoms. The predicted molar refractivity (Wildman–Crippen MR) is 28.1 cm³/mol. The summed E-state index contributed by atoms with van der Waals surface area (Å²) in [6, 6.07) is 0. The Bertz CT molecular complexity index is 49.5. The van der Waals surface area contributed by atoms with E-state index in [-0.39, 0.29) is 12.4 Å². The van der Waals surface area contributed by atoms with Crippen LogP contribution in [0.5, 0.6) is 0 Å². The zero-order chi connectivity index (χ0) is 4.12. The maximum absolute atomic E-state index is 9.32. The Labute approximate surface area is 43.5 Å². The van der Waals surface area contributed by atoms with Crippen molar-refractivity contribution in [3.63, 3.8) is 0 Å². The third kappa shape index (κ3) is 9.33. The summed E-state index contributed by atoms with van der Waals surface area (Å²) >= 11 is 0. The van der Waals surface area contributed by atoms with Gasteiger partial charge in [-0.15, -0.1) is 12.4 Å². The van der Waals surface area contributed by atoms with Crippen LogP contribution >= 0.6 is 12.4 Å². The summed E-state index contributed by atoms with van der Waals surface area (Å²) in [7, 11) is 0. The molecule has 0 aliphatic heterocycles. The van der Waals surface area contributed by atoms with Crippen molar-refractivity contribution in [2.24, 2.45) is 0 Å². The molecular formula is C4H7ClO. The van der Waals surface area contributed by atoms with E-state index in [1.807, 2.05) is 0 Å². The molecule has 0 atom stereocenters. The summed E-state index contributed by atoms with van der Waals surface area (Å²) in [6.07, 6.45) is 3.88. The molecule has 0 bridgehead atoms. The van der Waals surface area contributed by atoms with Gasteiger partial charge >= 0.3 is 0 Å². The lowest BCUT2D eigenvalue weighted by molar-refractivity contribution is -0.104. The molecule has 2 heteroatoms. The van der Waals surface area contributed by atoms with E-state index in [1.165, 1.54) is 6.08 Å². The summed E-state index contributed by atoms with van der Waals surface area (Å²) in [6.45, 7) is 1.80. The Morgan fingerprint density at radius 1 is 1.50 bits per heavy atom. The Morgan fingerprint density at radius 3 is 2.00 bits per heavy atom. The fourth-order valence-corrected chi connectivity index (χ4v) is 0.0786. The first-order valence-corrected chi connectivity index (χ1v) is 1.48. The second-order valence-corrected chi connectivity index (χ2v) is 0.662. The highest BCUT2D eigenvalue weighted by atomic mass is 35.5. The zero-order valence-corrected chi connectivity index (χ0v) is 4.37. The standard InChI is InChI=1S/C4H6O.ClH/c1-2-3-4-5;/h2-4H,1H3;1H/b3-2+;. The van der Waals surface area contributed by atoms with Crippen LogP contribution < -0.4 is 0 Å². The molecule has 0 rings (SSSR count). The number of hydrogen-bond donors (Lipinski definition) is 0. The first-order valence-electron chi connectivity index (χ1n) is 1.48. The molecule has 0 heterocycles. The Balaban J connectivity index is 0. The van der Waals surface area contributed by atoms with E-state index in [0.717, 1.165) is 6.29 Å². The van der Waals surface area contributed by atoms with Crippen molar-refractivity contribution >= 4 is 18.7 Å². The molecule has 0 spiro atoms.